The van der Waals surface area contributed by atoms with E-state index in [0.717, 1.165) is 21.0 Å². The predicted molar refractivity (Wildman–Crippen MR) is 127 cm³/mol. The van der Waals surface area contributed by atoms with E-state index < -0.39 is 0 Å². The third kappa shape index (κ3) is 5.34. The first-order valence-corrected chi connectivity index (χ1v) is 10.6. The number of benzene rings is 1. The number of carbonyl (C=O) groups is 1. The van der Waals surface area contributed by atoms with Crippen molar-refractivity contribution in [2.75, 3.05) is 17.2 Å². The second kappa shape index (κ2) is 9.69. The SMILES string of the molecule is C=Cc1ccc(-c2cc(Cl)ccc2C(=O)Nc2cc(C)nc(NCC(C)C=C)n2)s1. The molecule has 0 bridgehead atoms. The number of hydrogen-bond acceptors (Lipinski definition) is 5. The van der Waals surface area contributed by atoms with Crippen molar-refractivity contribution in [2.24, 2.45) is 5.92 Å². The van der Waals surface area contributed by atoms with E-state index in [2.05, 4.69) is 33.8 Å². The molecule has 30 heavy (non-hydrogen) atoms. The Morgan fingerprint density at radius 2 is 2.03 bits per heavy atom. The predicted octanol–water partition coefficient (Wildman–Crippen LogP) is 6.30. The Bertz CT molecular complexity index is 1090. The van der Waals surface area contributed by atoms with E-state index in [1.807, 2.05) is 32.1 Å². The maximum Gasteiger partial charge on any atom is 0.257 e. The Balaban J connectivity index is 1.87. The van der Waals surface area contributed by atoms with Crippen molar-refractivity contribution in [2.45, 2.75) is 13.8 Å². The number of anilines is 2. The van der Waals surface area contributed by atoms with Crippen LogP contribution in [0.5, 0.6) is 0 Å². The second-order valence-corrected chi connectivity index (χ2v) is 8.41. The average Bonchev–Trinajstić information content (AvgIpc) is 3.20. The van der Waals surface area contributed by atoms with Crippen LogP contribution < -0.4 is 10.6 Å². The molecule has 0 aliphatic rings. The molecule has 0 aliphatic heterocycles. The molecular weight excluding hydrogens is 416 g/mol. The Labute approximate surface area is 185 Å². The summed E-state index contributed by atoms with van der Waals surface area (Å²) in [7, 11) is 0. The molecule has 1 amide bonds. The summed E-state index contributed by atoms with van der Waals surface area (Å²) in [5.41, 5.74) is 2.03. The van der Waals surface area contributed by atoms with Crippen LogP contribution in [-0.4, -0.2) is 22.4 Å². The zero-order valence-electron chi connectivity index (χ0n) is 16.9. The highest BCUT2D eigenvalue weighted by Crippen LogP contribution is 2.33. The van der Waals surface area contributed by atoms with Crippen LogP contribution in [0.4, 0.5) is 11.8 Å². The molecule has 5 nitrogen and oxygen atoms in total. The highest BCUT2D eigenvalue weighted by Gasteiger charge is 2.16. The topological polar surface area (TPSA) is 66.9 Å². The maximum atomic E-state index is 13.1. The number of nitrogens with one attached hydrogen (secondary N) is 2. The summed E-state index contributed by atoms with van der Waals surface area (Å²) in [6.07, 6.45) is 3.64. The molecule has 0 saturated heterocycles. The van der Waals surface area contributed by atoms with Gasteiger partial charge in [-0.15, -0.1) is 17.9 Å². The molecule has 0 saturated carbocycles. The summed E-state index contributed by atoms with van der Waals surface area (Å²) in [6, 6.07) is 10.9. The standard InChI is InChI=1S/C23H23ClN4OS/c1-5-14(3)13-25-23-26-15(4)11-21(28-23)27-22(29)18-9-7-16(24)12-19(18)20-10-8-17(6-2)30-20/h5-12,14H,1-2,13H2,3-4H3,(H2,25,26,27,28,29). The molecule has 1 atom stereocenters. The van der Waals surface area contributed by atoms with Crippen molar-refractivity contribution in [3.8, 4) is 10.4 Å². The van der Waals surface area contributed by atoms with E-state index in [0.29, 0.717) is 28.9 Å². The van der Waals surface area contributed by atoms with Crippen LogP contribution in [-0.2, 0) is 0 Å². The van der Waals surface area contributed by atoms with Gasteiger partial charge in [-0.2, -0.15) is 4.98 Å². The number of aromatic nitrogens is 2. The van der Waals surface area contributed by atoms with Crippen LogP contribution in [0.3, 0.4) is 0 Å². The lowest BCUT2D eigenvalue weighted by atomic mass is 10.1. The molecule has 0 radical (unpaired) electrons. The van der Waals surface area contributed by atoms with Crippen LogP contribution in [0, 0.1) is 12.8 Å². The lowest BCUT2D eigenvalue weighted by molar-refractivity contribution is 0.102. The normalized spacial score (nSPS) is 11.6. The fraction of sp³-hybridized carbons (Fsp3) is 0.174. The number of hydrogen-bond donors (Lipinski definition) is 2. The van der Waals surface area contributed by atoms with Gasteiger partial charge in [0.15, 0.2) is 0 Å². The van der Waals surface area contributed by atoms with E-state index in [-0.39, 0.29) is 11.8 Å². The van der Waals surface area contributed by atoms with Crippen molar-refractivity contribution in [1.29, 1.82) is 0 Å². The highest BCUT2D eigenvalue weighted by atomic mass is 35.5. The van der Waals surface area contributed by atoms with Crippen molar-refractivity contribution >= 4 is 46.7 Å². The summed E-state index contributed by atoms with van der Waals surface area (Å²) in [4.78, 5) is 23.8. The number of halogens is 1. The maximum absolute atomic E-state index is 13.1. The zero-order chi connectivity index (χ0) is 21.7. The van der Waals surface area contributed by atoms with Crippen LogP contribution >= 0.6 is 22.9 Å². The fourth-order valence-electron chi connectivity index (χ4n) is 2.76. The zero-order valence-corrected chi connectivity index (χ0v) is 18.5. The average molecular weight is 439 g/mol. The van der Waals surface area contributed by atoms with Gasteiger partial charge in [-0.3, -0.25) is 4.79 Å². The molecule has 2 heterocycles. The first kappa shape index (κ1) is 21.7. The summed E-state index contributed by atoms with van der Waals surface area (Å²) >= 11 is 7.75. The molecule has 2 aromatic heterocycles. The minimum absolute atomic E-state index is 0.265. The third-order valence-electron chi connectivity index (χ3n) is 4.40. The first-order chi connectivity index (χ1) is 14.4. The van der Waals surface area contributed by atoms with Gasteiger partial charge in [0, 0.05) is 44.2 Å². The number of rotatable bonds is 8. The third-order valence-corrected chi connectivity index (χ3v) is 5.75. The van der Waals surface area contributed by atoms with Crippen LogP contribution in [0.2, 0.25) is 5.02 Å². The van der Waals surface area contributed by atoms with E-state index >= 15 is 0 Å². The summed E-state index contributed by atoms with van der Waals surface area (Å²) in [5, 5.41) is 6.62. The van der Waals surface area contributed by atoms with E-state index in [4.69, 9.17) is 11.6 Å². The Morgan fingerprint density at radius 1 is 1.23 bits per heavy atom. The van der Waals surface area contributed by atoms with Crippen molar-refractivity contribution in [3.05, 3.63) is 76.8 Å². The largest absolute Gasteiger partial charge is 0.354 e. The number of carbonyl (C=O) groups excluding carboxylic acids is 1. The smallest absolute Gasteiger partial charge is 0.257 e. The van der Waals surface area contributed by atoms with Gasteiger partial charge in [0.2, 0.25) is 5.95 Å². The lowest BCUT2D eigenvalue weighted by Gasteiger charge is -2.12. The lowest BCUT2D eigenvalue weighted by Crippen LogP contribution is -2.16. The van der Waals surface area contributed by atoms with E-state index in [9.17, 15) is 4.79 Å². The molecule has 1 aromatic carbocycles. The van der Waals surface area contributed by atoms with Crippen LogP contribution in [0.1, 0.15) is 27.9 Å². The number of amides is 1. The number of nitrogens with zero attached hydrogens (tertiary/aromatic N) is 2. The monoisotopic (exact) mass is 438 g/mol. The van der Waals surface area contributed by atoms with Crippen LogP contribution in [0.15, 0.2) is 55.6 Å². The molecule has 7 heteroatoms. The molecule has 3 rings (SSSR count). The van der Waals surface area contributed by atoms with Crippen molar-refractivity contribution < 1.29 is 4.79 Å². The molecule has 0 fully saturated rings. The number of thiophene rings is 1. The molecular formula is C23H23ClN4OS. The Morgan fingerprint density at radius 3 is 2.73 bits per heavy atom. The number of aryl methyl sites for hydroxylation is 1. The van der Waals surface area contributed by atoms with Gasteiger partial charge in [0.25, 0.3) is 5.91 Å². The van der Waals surface area contributed by atoms with Gasteiger partial charge in [-0.25, -0.2) is 4.98 Å². The van der Waals surface area contributed by atoms with Gasteiger partial charge in [0.1, 0.15) is 5.82 Å². The van der Waals surface area contributed by atoms with Crippen molar-refractivity contribution in [1.82, 2.24) is 9.97 Å². The highest BCUT2D eigenvalue weighted by molar-refractivity contribution is 7.16. The van der Waals surface area contributed by atoms with Gasteiger partial charge in [-0.05, 0) is 43.2 Å². The molecule has 3 aromatic rings. The first-order valence-electron chi connectivity index (χ1n) is 9.45. The minimum Gasteiger partial charge on any atom is -0.354 e. The van der Waals surface area contributed by atoms with Gasteiger partial charge >= 0.3 is 0 Å². The molecule has 0 spiro atoms. The summed E-state index contributed by atoms with van der Waals surface area (Å²) in [6.45, 7) is 12.1. The van der Waals surface area contributed by atoms with Gasteiger partial charge < -0.3 is 10.6 Å². The van der Waals surface area contributed by atoms with Crippen LogP contribution in [0.25, 0.3) is 16.5 Å². The molecule has 2 N–H and O–H groups in total. The molecule has 1 unspecified atom stereocenters. The fourth-order valence-corrected chi connectivity index (χ4v) is 3.82. The summed E-state index contributed by atoms with van der Waals surface area (Å²) in [5.74, 6) is 0.901. The Kier molecular flexibility index (Phi) is 7.03. The second-order valence-electron chi connectivity index (χ2n) is 6.86. The van der Waals surface area contributed by atoms with Gasteiger partial charge in [0.05, 0.1) is 0 Å². The molecule has 0 aliphatic carbocycles. The Hall–Kier alpha value is -2.96. The van der Waals surface area contributed by atoms with Gasteiger partial charge in [-0.1, -0.05) is 37.3 Å². The molecule has 154 valence electrons. The summed E-state index contributed by atoms with van der Waals surface area (Å²) < 4.78 is 0. The van der Waals surface area contributed by atoms with Crippen molar-refractivity contribution in [3.63, 3.8) is 0 Å². The minimum atomic E-state index is -0.265. The quantitative estimate of drug-likeness (QED) is 0.405. The van der Waals surface area contributed by atoms with E-state index in [1.165, 1.54) is 0 Å². The van der Waals surface area contributed by atoms with E-state index in [1.54, 1.807) is 41.7 Å².